The minimum Gasteiger partial charge on any atom is -0.392 e. The zero-order valence-electron chi connectivity index (χ0n) is 13.0. The van der Waals surface area contributed by atoms with E-state index in [1.54, 1.807) is 0 Å². The first-order valence-electron chi connectivity index (χ1n) is 7.02. The predicted molar refractivity (Wildman–Crippen MR) is 82.8 cm³/mol. The smallest absolute Gasteiger partial charge is 0.319 e. The highest BCUT2D eigenvalue weighted by Gasteiger charge is 2.30. The topological polar surface area (TPSA) is 61.4 Å². The van der Waals surface area contributed by atoms with E-state index in [-0.39, 0.29) is 17.4 Å². The molecule has 4 nitrogen and oxygen atoms in total. The third-order valence-corrected chi connectivity index (χ3v) is 3.45. The maximum atomic E-state index is 11.8. The van der Waals surface area contributed by atoms with Gasteiger partial charge in [0, 0.05) is 17.6 Å². The average Bonchev–Trinajstić information content (AvgIpc) is 2.38. The minimum atomic E-state index is -0.456. The standard InChI is InChI=1S/C16H26N2O2/c1-11(2)14(19)16(4,5)10-17-15(20)18-13-8-6-12(3)7-9-13/h6-9,11,14,19H,10H2,1-5H3,(H2,17,18,20). The van der Waals surface area contributed by atoms with Gasteiger partial charge in [0.15, 0.2) is 0 Å². The van der Waals surface area contributed by atoms with Crippen LogP contribution in [0.25, 0.3) is 0 Å². The molecule has 1 aromatic carbocycles. The highest BCUT2D eigenvalue weighted by atomic mass is 16.3. The number of hydrogen-bond donors (Lipinski definition) is 3. The van der Waals surface area contributed by atoms with Crippen LogP contribution in [0.3, 0.4) is 0 Å². The zero-order valence-corrected chi connectivity index (χ0v) is 13.0. The molecule has 3 N–H and O–H groups in total. The SMILES string of the molecule is Cc1ccc(NC(=O)NCC(C)(C)C(O)C(C)C)cc1. The van der Waals surface area contributed by atoms with Crippen molar-refractivity contribution < 1.29 is 9.90 Å². The number of aliphatic hydroxyl groups excluding tert-OH is 1. The highest BCUT2D eigenvalue weighted by molar-refractivity contribution is 5.89. The summed E-state index contributed by atoms with van der Waals surface area (Å²) in [5, 5.41) is 15.7. The van der Waals surface area contributed by atoms with Gasteiger partial charge in [0.25, 0.3) is 0 Å². The second-order valence-corrected chi connectivity index (χ2v) is 6.35. The lowest BCUT2D eigenvalue weighted by Crippen LogP contribution is -2.44. The van der Waals surface area contributed by atoms with Crippen molar-refractivity contribution in [2.24, 2.45) is 11.3 Å². The monoisotopic (exact) mass is 278 g/mol. The van der Waals surface area contributed by atoms with Crippen molar-refractivity contribution in [3.05, 3.63) is 29.8 Å². The summed E-state index contributed by atoms with van der Waals surface area (Å²) in [5.74, 6) is 0.159. The van der Waals surface area contributed by atoms with Crippen LogP contribution in [0, 0.1) is 18.3 Å². The lowest BCUT2D eigenvalue weighted by atomic mass is 9.81. The van der Waals surface area contributed by atoms with Crippen LogP contribution in [0.1, 0.15) is 33.3 Å². The van der Waals surface area contributed by atoms with Gasteiger partial charge < -0.3 is 15.7 Å². The molecule has 1 rings (SSSR count). The Balaban J connectivity index is 2.49. The Bertz CT molecular complexity index is 438. The van der Waals surface area contributed by atoms with Gasteiger partial charge in [-0.1, -0.05) is 45.4 Å². The van der Waals surface area contributed by atoms with Gasteiger partial charge in [-0.15, -0.1) is 0 Å². The molecule has 0 radical (unpaired) electrons. The Kier molecular flexibility index (Phi) is 5.57. The molecule has 0 aliphatic rings. The third kappa shape index (κ3) is 4.85. The third-order valence-electron chi connectivity index (χ3n) is 3.45. The summed E-state index contributed by atoms with van der Waals surface area (Å²) in [7, 11) is 0. The van der Waals surface area contributed by atoms with E-state index in [4.69, 9.17) is 0 Å². The van der Waals surface area contributed by atoms with E-state index in [0.29, 0.717) is 6.54 Å². The molecule has 0 heterocycles. The van der Waals surface area contributed by atoms with Crippen LogP contribution < -0.4 is 10.6 Å². The largest absolute Gasteiger partial charge is 0.392 e. The molecule has 20 heavy (non-hydrogen) atoms. The number of carbonyl (C=O) groups is 1. The summed E-state index contributed by atoms with van der Waals surface area (Å²) >= 11 is 0. The zero-order chi connectivity index (χ0) is 15.3. The first-order chi connectivity index (χ1) is 9.22. The lowest BCUT2D eigenvalue weighted by Gasteiger charge is -2.33. The fourth-order valence-electron chi connectivity index (χ4n) is 2.13. The molecule has 4 heteroatoms. The molecule has 112 valence electrons. The number of anilines is 1. The molecule has 1 atom stereocenters. The van der Waals surface area contributed by atoms with Gasteiger partial charge in [-0.3, -0.25) is 0 Å². The summed E-state index contributed by atoms with van der Waals surface area (Å²) < 4.78 is 0. The Labute approximate surface area is 121 Å². The van der Waals surface area contributed by atoms with Crippen LogP contribution >= 0.6 is 0 Å². The van der Waals surface area contributed by atoms with Gasteiger partial charge in [0.1, 0.15) is 0 Å². The second kappa shape index (κ2) is 6.75. The Morgan fingerprint density at radius 1 is 1.25 bits per heavy atom. The van der Waals surface area contributed by atoms with E-state index < -0.39 is 6.10 Å². The van der Waals surface area contributed by atoms with Crippen LogP contribution in [0.15, 0.2) is 24.3 Å². The number of urea groups is 1. The molecular weight excluding hydrogens is 252 g/mol. The minimum absolute atomic E-state index is 0.159. The molecule has 0 fully saturated rings. The molecular formula is C16H26N2O2. The Hall–Kier alpha value is -1.55. The summed E-state index contributed by atoms with van der Waals surface area (Å²) in [6.45, 7) is 10.3. The lowest BCUT2D eigenvalue weighted by molar-refractivity contribution is 0.0154. The summed E-state index contributed by atoms with van der Waals surface area (Å²) in [6, 6.07) is 7.37. The van der Waals surface area contributed by atoms with Crippen molar-refractivity contribution in [2.45, 2.75) is 40.7 Å². The Morgan fingerprint density at radius 2 is 1.80 bits per heavy atom. The van der Waals surface area contributed by atoms with E-state index in [1.165, 1.54) is 0 Å². The van der Waals surface area contributed by atoms with E-state index >= 15 is 0 Å². The summed E-state index contributed by atoms with van der Waals surface area (Å²) in [5.41, 5.74) is 1.55. The molecule has 0 spiro atoms. The van der Waals surface area contributed by atoms with Crippen molar-refractivity contribution in [1.29, 1.82) is 0 Å². The molecule has 0 aromatic heterocycles. The number of aliphatic hydroxyl groups is 1. The number of amides is 2. The quantitative estimate of drug-likeness (QED) is 0.774. The summed E-state index contributed by atoms with van der Waals surface area (Å²) in [4.78, 5) is 11.8. The van der Waals surface area contributed by atoms with Gasteiger partial charge in [-0.05, 0) is 25.0 Å². The molecule has 1 unspecified atom stereocenters. The second-order valence-electron chi connectivity index (χ2n) is 6.35. The van der Waals surface area contributed by atoms with Gasteiger partial charge in [-0.25, -0.2) is 4.79 Å². The van der Waals surface area contributed by atoms with Crippen molar-refractivity contribution in [1.82, 2.24) is 5.32 Å². The van der Waals surface area contributed by atoms with Crippen LogP contribution in [0.5, 0.6) is 0 Å². The Morgan fingerprint density at radius 3 is 2.30 bits per heavy atom. The van der Waals surface area contributed by atoms with Crippen LogP contribution in [0.2, 0.25) is 0 Å². The van der Waals surface area contributed by atoms with Gasteiger partial charge in [0.2, 0.25) is 0 Å². The number of carbonyl (C=O) groups excluding carboxylic acids is 1. The maximum Gasteiger partial charge on any atom is 0.319 e. The van der Waals surface area contributed by atoms with Gasteiger partial charge >= 0.3 is 6.03 Å². The van der Waals surface area contributed by atoms with E-state index in [2.05, 4.69) is 10.6 Å². The van der Waals surface area contributed by atoms with Crippen LogP contribution in [0.4, 0.5) is 10.5 Å². The molecule has 1 aromatic rings. The normalized spacial score (nSPS) is 13.2. The predicted octanol–water partition coefficient (Wildman–Crippen LogP) is 3.16. The molecule has 0 bridgehead atoms. The molecule has 0 saturated heterocycles. The number of nitrogens with one attached hydrogen (secondary N) is 2. The number of hydrogen-bond acceptors (Lipinski definition) is 2. The fourth-order valence-corrected chi connectivity index (χ4v) is 2.13. The van der Waals surface area contributed by atoms with Crippen LogP contribution in [-0.2, 0) is 0 Å². The van der Waals surface area contributed by atoms with Crippen molar-refractivity contribution in [3.63, 3.8) is 0 Å². The molecule has 2 amide bonds. The van der Waals surface area contributed by atoms with E-state index in [1.807, 2.05) is 58.9 Å². The first-order valence-corrected chi connectivity index (χ1v) is 7.02. The number of aryl methyl sites for hydroxylation is 1. The van der Waals surface area contributed by atoms with Crippen molar-refractivity contribution >= 4 is 11.7 Å². The van der Waals surface area contributed by atoms with Crippen LogP contribution in [-0.4, -0.2) is 23.8 Å². The molecule has 0 aliphatic carbocycles. The fraction of sp³-hybridized carbons (Fsp3) is 0.562. The number of benzene rings is 1. The van der Waals surface area contributed by atoms with E-state index in [9.17, 15) is 9.90 Å². The molecule has 0 saturated carbocycles. The van der Waals surface area contributed by atoms with Gasteiger partial charge in [-0.2, -0.15) is 0 Å². The van der Waals surface area contributed by atoms with Gasteiger partial charge in [0.05, 0.1) is 6.10 Å². The molecule has 0 aliphatic heterocycles. The highest BCUT2D eigenvalue weighted by Crippen LogP contribution is 2.25. The van der Waals surface area contributed by atoms with Crippen molar-refractivity contribution in [2.75, 3.05) is 11.9 Å². The van der Waals surface area contributed by atoms with Crippen molar-refractivity contribution in [3.8, 4) is 0 Å². The summed E-state index contributed by atoms with van der Waals surface area (Å²) in [6.07, 6.45) is -0.456. The van der Waals surface area contributed by atoms with E-state index in [0.717, 1.165) is 11.3 Å². The number of rotatable bonds is 5. The maximum absolute atomic E-state index is 11.8. The average molecular weight is 278 g/mol. The first kappa shape index (κ1) is 16.5.